The van der Waals surface area contributed by atoms with Crippen molar-refractivity contribution in [3.8, 4) is 0 Å². The summed E-state index contributed by atoms with van der Waals surface area (Å²) in [7, 11) is 0. The van der Waals surface area contributed by atoms with Crippen molar-refractivity contribution in [2.45, 2.75) is 60.8 Å². The van der Waals surface area contributed by atoms with Crippen molar-refractivity contribution in [1.82, 2.24) is 0 Å². The average Bonchev–Trinajstić information content (AvgIpc) is 2.98. The Morgan fingerprint density at radius 2 is 0.634 bits per heavy atom. The van der Waals surface area contributed by atoms with Gasteiger partial charge in [-0.1, -0.05) is 102 Å². The van der Waals surface area contributed by atoms with Crippen molar-refractivity contribution >= 4 is 11.4 Å². The van der Waals surface area contributed by atoms with Crippen LogP contribution < -0.4 is 0 Å². The van der Waals surface area contributed by atoms with Gasteiger partial charge in [0.25, 0.3) is 0 Å². The normalized spacial score (nSPS) is 11.8. The van der Waals surface area contributed by atoms with Gasteiger partial charge in [0.15, 0.2) is 0 Å². The number of benzene rings is 5. The second-order valence-corrected chi connectivity index (χ2v) is 11.6. The fourth-order valence-electron chi connectivity index (χ4n) is 5.93. The molecule has 0 bridgehead atoms. The van der Waals surface area contributed by atoms with E-state index in [1.165, 1.54) is 66.8 Å². The van der Waals surface area contributed by atoms with Crippen LogP contribution in [-0.2, 0) is 5.41 Å². The van der Waals surface area contributed by atoms with Crippen LogP contribution in [0.4, 0.5) is 11.4 Å². The van der Waals surface area contributed by atoms with Crippen molar-refractivity contribution < 1.29 is 0 Å². The lowest BCUT2D eigenvalue weighted by molar-refractivity contribution is 0.744. The number of nitrogens with zero attached hydrogens (tertiary/aromatic N) is 2. The number of azo groups is 1. The second-order valence-electron chi connectivity index (χ2n) is 11.6. The van der Waals surface area contributed by atoms with E-state index in [1.54, 1.807) is 0 Å². The van der Waals surface area contributed by atoms with Gasteiger partial charge in [-0.3, -0.25) is 0 Å². The van der Waals surface area contributed by atoms with Gasteiger partial charge in [0, 0.05) is 0 Å². The molecule has 5 aromatic rings. The number of aryl methyl sites for hydroxylation is 3. The lowest BCUT2D eigenvalue weighted by Gasteiger charge is -2.37. The first-order chi connectivity index (χ1) is 19.6. The Balaban J connectivity index is 1.68. The zero-order valence-electron chi connectivity index (χ0n) is 25.6. The van der Waals surface area contributed by atoms with E-state index in [4.69, 9.17) is 10.2 Å². The molecule has 206 valence electrons. The van der Waals surface area contributed by atoms with E-state index in [1.807, 2.05) is 0 Å². The standard InChI is InChI=1S/C39H40N2/c1-25-9-15-33(16-10-25)39(34-17-11-26(2)12-18-34,35-19-13-27(3)14-20-35)36-21-23-37(24-22-36)40-41-38-31(7)29(5)28(4)30(6)32(38)8/h9-24H,1-8H3. The van der Waals surface area contributed by atoms with Crippen LogP contribution >= 0.6 is 0 Å². The molecular formula is C39H40N2. The van der Waals surface area contributed by atoms with E-state index in [2.05, 4.69) is 152 Å². The van der Waals surface area contributed by atoms with Crippen LogP contribution in [0.3, 0.4) is 0 Å². The Hall–Kier alpha value is -4.30. The van der Waals surface area contributed by atoms with Gasteiger partial charge in [-0.2, -0.15) is 5.11 Å². The molecule has 5 aromatic carbocycles. The van der Waals surface area contributed by atoms with Crippen LogP contribution in [0.5, 0.6) is 0 Å². The molecule has 2 nitrogen and oxygen atoms in total. The van der Waals surface area contributed by atoms with Gasteiger partial charge in [0.2, 0.25) is 0 Å². The third-order valence-corrected chi connectivity index (χ3v) is 8.98. The van der Waals surface area contributed by atoms with E-state index in [9.17, 15) is 0 Å². The molecule has 41 heavy (non-hydrogen) atoms. The topological polar surface area (TPSA) is 24.7 Å². The van der Waals surface area contributed by atoms with E-state index in [-0.39, 0.29) is 0 Å². The summed E-state index contributed by atoms with van der Waals surface area (Å²) in [6, 6.07) is 35.6. The van der Waals surface area contributed by atoms with E-state index >= 15 is 0 Å². The average molecular weight is 537 g/mol. The highest BCUT2D eigenvalue weighted by molar-refractivity contribution is 5.63. The molecule has 0 saturated carbocycles. The minimum atomic E-state index is -0.483. The fourth-order valence-corrected chi connectivity index (χ4v) is 5.93. The summed E-state index contributed by atoms with van der Waals surface area (Å²) < 4.78 is 0. The Morgan fingerprint density at radius 3 is 0.976 bits per heavy atom. The van der Waals surface area contributed by atoms with Gasteiger partial charge in [-0.05, 0) is 118 Å². The minimum Gasteiger partial charge on any atom is -0.151 e. The first-order valence-corrected chi connectivity index (χ1v) is 14.4. The largest absolute Gasteiger partial charge is 0.151 e. The van der Waals surface area contributed by atoms with Crippen LogP contribution in [0.15, 0.2) is 107 Å². The van der Waals surface area contributed by atoms with Gasteiger partial charge < -0.3 is 0 Å². The van der Waals surface area contributed by atoms with Crippen LogP contribution in [0.1, 0.15) is 66.8 Å². The first kappa shape index (κ1) is 28.2. The molecule has 0 spiro atoms. The van der Waals surface area contributed by atoms with Gasteiger partial charge in [-0.15, -0.1) is 5.11 Å². The summed E-state index contributed by atoms with van der Waals surface area (Å²) in [5.74, 6) is 0. The van der Waals surface area contributed by atoms with Crippen molar-refractivity contribution in [2.75, 3.05) is 0 Å². The highest BCUT2D eigenvalue weighted by atomic mass is 15.1. The Kier molecular flexibility index (Phi) is 7.78. The third kappa shape index (κ3) is 5.15. The quantitative estimate of drug-likeness (QED) is 0.152. The van der Waals surface area contributed by atoms with Gasteiger partial charge in [0.05, 0.1) is 16.8 Å². The zero-order chi connectivity index (χ0) is 29.3. The van der Waals surface area contributed by atoms with Crippen molar-refractivity contribution in [3.05, 3.63) is 164 Å². The maximum Gasteiger partial charge on any atom is 0.0920 e. The number of hydrogen-bond donors (Lipinski definition) is 0. The van der Waals surface area contributed by atoms with Crippen LogP contribution in [0.2, 0.25) is 0 Å². The summed E-state index contributed by atoms with van der Waals surface area (Å²) in [4.78, 5) is 0. The molecule has 0 saturated heterocycles. The lowest BCUT2D eigenvalue weighted by Crippen LogP contribution is -2.31. The molecule has 5 rings (SSSR count). The maximum absolute atomic E-state index is 4.76. The molecule has 0 fully saturated rings. The van der Waals surface area contributed by atoms with Crippen LogP contribution in [-0.4, -0.2) is 0 Å². The molecule has 0 heterocycles. The molecule has 0 aliphatic carbocycles. The van der Waals surface area contributed by atoms with Crippen molar-refractivity contribution in [3.63, 3.8) is 0 Å². The Labute approximate surface area is 245 Å². The summed E-state index contributed by atoms with van der Waals surface area (Å²) in [6.45, 7) is 17.2. The van der Waals surface area contributed by atoms with E-state index < -0.39 is 5.41 Å². The van der Waals surface area contributed by atoms with Gasteiger partial charge >= 0.3 is 0 Å². The molecule has 0 radical (unpaired) electrons. The maximum atomic E-state index is 4.76. The van der Waals surface area contributed by atoms with Gasteiger partial charge in [-0.25, -0.2) is 0 Å². The van der Waals surface area contributed by atoms with E-state index in [0.29, 0.717) is 0 Å². The highest BCUT2D eigenvalue weighted by Gasteiger charge is 2.38. The minimum absolute atomic E-state index is 0.483. The number of rotatable bonds is 6. The smallest absolute Gasteiger partial charge is 0.0920 e. The molecule has 0 aliphatic heterocycles. The molecule has 0 N–H and O–H groups in total. The number of hydrogen-bond acceptors (Lipinski definition) is 2. The molecule has 0 unspecified atom stereocenters. The van der Waals surface area contributed by atoms with Crippen molar-refractivity contribution in [1.29, 1.82) is 0 Å². The molecule has 0 aromatic heterocycles. The molecular weight excluding hydrogens is 496 g/mol. The van der Waals surface area contributed by atoms with Crippen LogP contribution in [0.25, 0.3) is 0 Å². The fraction of sp³-hybridized carbons (Fsp3) is 0.231. The molecule has 0 aliphatic rings. The predicted molar refractivity (Wildman–Crippen MR) is 173 cm³/mol. The summed E-state index contributed by atoms with van der Waals surface area (Å²) in [5, 5.41) is 9.47. The Morgan fingerprint density at radius 1 is 0.341 bits per heavy atom. The van der Waals surface area contributed by atoms with E-state index in [0.717, 1.165) is 11.4 Å². The SMILES string of the molecule is Cc1ccc(C(c2ccc(C)cc2)(c2ccc(C)cc2)c2ccc(N=Nc3c(C)c(C)c(C)c(C)c3C)cc2)cc1. The highest BCUT2D eigenvalue weighted by Crippen LogP contribution is 2.46. The third-order valence-electron chi connectivity index (χ3n) is 8.98. The van der Waals surface area contributed by atoms with Crippen LogP contribution in [0, 0.1) is 55.4 Å². The monoisotopic (exact) mass is 536 g/mol. The summed E-state index contributed by atoms with van der Waals surface area (Å²) >= 11 is 0. The summed E-state index contributed by atoms with van der Waals surface area (Å²) in [5.41, 5.74) is 16.3. The predicted octanol–water partition coefficient (Wildman–Crippen LogP) is 11.0. The second kappa shape index (κ2) is 11.3. The summed E-state index contributed by atoms with van der Waals surface area (Å²) in [6.07, 6.45) is 0. The van der Waals surface area contributed by atoms with Crippen molar-refractivity contribution in [2.24, 2.45) is 10.2 Å². The molecule has 0 atom stereocenters. The van der Waals surface area contributed by atoms with Gasteiger partial charge in [0.1, 0.15) is 0 Å². The molecule has 0 amide bonds. The molecule has 2 heteroatoms. The Bertz CT molecular complexity index is 1560. The zero-order valence-corrected chi connectivity index (χ0v) is 25.6. The lowest BCUT2D eigenvalue weighted by atomic mass is 9.65. The first-order valence-electron chi connectivity index (χ1n) is 14.4.